The lowest BCUT2D eigenvalue weighted by atomic mass is 9.93. The lowest BCUT2D eigenvalue weighted by molar-refractivity contribution is -0.111. The molecule has 0 unspecified atom stereocenters. The number of nitrogens with zero attached hydrogens (tertiary/aromatic N) is 5. The number of rotatable bonds is 9. The first-order valence-electron chi connectivity index (χ1n) is 15.1. The topological polar surface area (TPSA) is 126 Å². The van der Waals surface area contributed by atoms with Gasteiger partial charge in [0, 0.05) is 50.1 Å². The van der Waals surface area contributed by atoms with E-state index in [1.165, 1.54) is 12.1 Å². The van der Waals surface area contributed by atoms with Gasteiger partial charge in [-0.1, -0.05) is 6.08 Å². The molecule has 10 heteroatoms. The summed E-state index contributed by atoms with van der Waals surface area (Å²) in [6.45, 7) is 2.62. The predicted molar refractivity (Wildman–Crippen MR) is 173 cm³/mol. The molecule has 2 N–H and O–H groups in total. The fourth-order valence-electron chi connectivity index (χ4n) is 6.07. The molecule has 228 valence electrons. The Hall–Kier alpha value is -5.11. The van der Waals surface area contributed by atoms with Crippen molar-refractivity contribution in [2.45, 2.75) is 44.8 Å². The van der Waals surface area contributed by atoms with E-state index in [0.717, 1.165) is 53.4 Å². The van der Waals surface area contributed by atoms with E-state index < -0.39 is 0 Å². The number of ether oxygens (including phenoxy) is 1. The third-order valence-electron chi connectivity index (χ3n) is 8.59. The van der Waals surface area contributed by atoms with Gasteiger partial charge in [0.25, 0.3) is 0 Å². The molecule has 1 fully saturated rings. The zero-order chi connectivity index (χ0) is 31.5. The first-order chi connectivity index (χ1) is 21.9. The van der Waals surface area contributed by atoms with Crippen LogP contribution in [-0.4, -0.2) is 56.4 Å². The van der Waals surface area contributed by atoms with Crippen molar-refractivity contribution in [2.75, 3.05) is 19.0 Å². The Morgan fingerprint density at radius 1 is 1.11 bits per heavy atom. The lowest BCUT2D eigenvalue weighted by Gasteiger charge is -2.27. The molecule has 1 amide bonds. The average molecular weight is 602 g/mol. The number of aryl methyl sites for hydroxylation is 2. The number of nitriles is 1. The van der Waals surface area contributed by atoms with Gasteiger partial charge in [-0.25, -0.2) is 9.97 Å². The number of fused-ring (bicyclic) bond motifs is 2. The number of benzene rings is 2. The van der Waals surface area contributed by atoms with Crippen LogP contribution in [0, 0.1) is 18.3 Å². The summed E-state index contributed by atoms with van der Waals surface area (Å²) in [5.41, 5.74) is 6.75. The van der Waals surface area contributed by atoms with Crippen LogP contribution in [0.25, 0.3) is 27.8 Å². The summed E-state index contributed by atoms with van der Waals surface area (Å²) in [7, 11) is 3.72. The average Bonchev–Trinajstić information content (AvgIpc) is 3.66. The number of hydrogen-bond acceptors (Lipinski definition) is 7. The minimum atomic E-state index is -0.344. The normalized spacial score (nSPS) is 16.8. The molecule has 0 aliphatic heterocycles. The fourth-order valence-corrected chi connectivity index (χ4v) is 6.07. The third kappa shape index (κ3) is 6.13. The second-order valence-electron chi connectivity index (χ2n) is 11.5. The molecule has 1 aliphatic carbocycles. The van der Waals surface area contributed by atoms with Crippen molar-refractivity contribution in [3.8, 4) is 17.2 Å². The van der Waals surface area contributed by atoms with E-state index in [2.05, 4.69) is 32.7 Å². The number of amides is 1. The molecule has 3 heterocycles. The van der Waals surface area contributed by atoms with Crippen LogP contribution < -0.4 is 10.6 Å². The molecule has 3 aromatic heterocycles. The van der Waals surface area contributed by atoms with Crippen LogP contribution >= 0.6 is 0 Å². The van der Waals surface area contributed by atoms with Crippen molar-refractivity contribution in [3.05, 3.63) is 95.7 Å². The smallest absolute Gasteiger partial charge is 0.248 e. The molecule has 6 rings (SSSR count). The third-order valence-corrected chi connectivity index (χ3v) is 8.59. The molecular weight excluding hydrogens is 566 g/mol. The van der Waals surface area contributed by atoms with Crippen molar-refractivity contribution in [1.29, 1.82) is 5.26 Å². The highest BCUT2D eigenvalue weighted by Crippen LogP contribution is 2.31. The highest BCUT2D eigenvalue weighted by atomic mass is 16.5. The van der Waals surface area contributed by atoms with Gasteiger partial charge >= 0.3 is 0 Å². The molecule has 2 aromatic carbocycles. The molecule has 45 heavy (non-hydrogen) atoms. The Morgan fingerprint density at radius 3 is 2.71 bits per heavy atom. The molecule has 0 atom stereocenters. The summed E-state index contributed by atoms with van der Waals surface area (Å²) >= 11 is 0. The van der Waals surface area contributed by atoms with Gasteiger partial charge in [0.2, 0.25) is 11.7 Å². The summed E-state index contributed by atoms with van der Waals surface area (Å²) in [6.07, 6.45) is 12.9. The van der Waals surface area contributed by atoms with Crippen LogP contribution in [-0.2, 0) is 16.6 Å². The quantitative estimate of drug-likeness (QED) is 0.173. The number of nitrogens with one attached hydrogen (secondary N) is 2. The van der Waals surface area contributed by atoms with Gasteiger partial charge in [0.1, 0.15) is 17.4 Å². The van der Waals surface area contributed by atoms with E-state index in [-0.39, 0.29) is 17.3 Å². The molecule has 0 bridgehead atoms. The molecule has 1 aliphatic rings. The fraction of sp³-hybridized carbons (Fsp3) is 0.286. The van der Waals surface area contributed by atoms with E-state index in [9.17, 15) is 14.9 Å². The largest absolute Gasteiger partial charge is 0.381 e. The highest BCUT2D eigenvalue weighted by molar-refractivity contribution is 6.09. The summed E-state index contributed by atoms with van der Waals surface area (Å²) in [6, 6.07) is 15.2. The molecule has 0 spiro atoms. The van der Waals surface area contributed by atoms with Crippen LogP contribution in [0.1, 0.15) is 52.9 Å². The maximum absolute atomic E-state index is 13.7. The first kappa shape index (κ1) is 29.9. The zero-order valence-electron chi connectivity index (χ0n) is 25.6. The Bertz CT molecular complexity index is 1970. The van der Waals surface area contributed by atoms with E-state index >= 15 is 0 Å². The Labute approximate surface area is 261 Å². The summed E-state index contributed by atoms with van der Waals surface area (Å²) in [5.74, 6) is -0.625. The van der Waals surface area contributed by atoms with Crippen LogP contribution in [0.15, 0.2) is 73.3 Å². The van der Waals surface area contributed by atoms with Gasteiger partial charge in [0.15, 0.2) is 0 Å². The van der Waals surface area contributed by atoms with E-state index in [0.29, 0.717) is 41.3 Å². The molecule has 10 nitrogen and oxygen atoms in total. The van der Waals surface area contributed by atoms with Crippen molar-refractivity contribution in [1.82, 2.24) is 24.3 Å². The van der Waals surface area contributed by atoms with E-state index in [1.54, 1.807) is 48.4 Å². The maximum Gasteiger partial charge on any atom is 0.248 e. The summed E-state index contributed by atoms with van der Waals surface area (Å²) in [4.78, 5) is 35.4. The van der Waals surface area contributed by atoms with Gasteiger partial charge in [-0.3, -0.25) is 14.0 Å². The number of methoxy groups -OCH3 is 1. The molecular formula is C35H35N7O3. The van der Waals surface area contributed by atoms with E-state index in [1.807, 2.05) is 36.7 Å². The Balaban J connectivity index is 1.16. The van der Waals surface area contributed by atoms with Crippen molar-refractivity contribution in [2.24, 2.45) is 7.05 Å². The molecule has 0 radical (unpaired) electrons. The zero-order valence-corrected chi connectivity index (χ0v) is 25.6. The van der Waals surface area contributed by atoms with Crippen molar-refractivity contribution in [3.63, 3.8) is 0 Å². The van der Waals surface area contributed by atoms with Crippen LogP contribution in [0.3, 0.4) is 0 Å². The number of ketones is 1. The highest BCUT2D eigenvalue weighted by Gasteiger charge is 2.21. The lowest BCUT2D eigenvalue weighted by Crippen LogP contribution is -2.35. The number of carbonyl (C=O) groups excluding carboxylic acids is 2. The molecule has 1 saturated carbocycles. The number of hydrogen-bond donors (Lipinski definition) is 2. The van der Waals surface area contributed by atoms with E-state index in [4.69, 9.17) is 4.74 Å². The maximum atomic E-state index is 13.7. The van der Waals surface area contributed by atoms with Crippen molar-refractivity contribution < 1.29 is 14.3 Å². The van der Waals surface area contributed by atoms with Crippen molar-refractivity contribution >= 4 is 34.1 Å². The van der Waals surface area contributed by atoms with Crippen LogP contribution in [0.2, 0.25) is 0 Å². The summed E-state index contributed by atoms with van der Waals surface area (Å²) in [5, 5.41) is 16.0. The second-order valence-corrected chi connectivity index (χ2v) is 11.5. The minimum absolute atomic E-state index is 0.199. The second kappa shape index (κ2) is 12.9. The molecule has 5 aromatic rings. The number of pyridine rings is 1. The number of imidazole rings is 2. The SMILES string of the molecule is COC1CCC(NC/C=C/C(=O)Nc2ccc(C(=O)c3cnc4c(-c5cc6ncn(C)c6cc5C)cccn34)cc2C#N)CC1. The Morgan fingerprint density at radius 2 is 1.93 bits per heavy atom. The summed E-state index contributed by atoms with van der Waals surface area (Å²) < 4.78 is 9.17. The van der Waals surface area contributed by atoms with Gasteiger partial charge in [-0.15, -0.1) is 0 Å². The van der Waals surface area contributed by atoms with Gasteiger partial charge < -0.3 is 19.9 Å². The number of carbonyl (C=O) groups is 2. The predicted octanol–water partition coefficient (Wildman–Crippen LogP) is 5.34. The number of aromatic nitrogens is 4. The Kier molecular flexibility index (Phi) is 8.56. The number of anilines is 1. The van der Waals surface area contributed by atoms with Crippen LogP contribution in [0.5, 0.6) is 0 Å². The standard InChI is InChI=1S/C35H35N7O3/c1-22-16-31-30(39-21-41(31)2)18-28(22)27-6-5-15-42-32(20-38-35(27)42)34(44)23-8-13-29(24(17-23)19-36)40-33(43)7-4-14-37-25-9-11-26(45-3)12-10-25/h4-8,13,15-18,20-21,25-26,37H,9-12,14H2,1-3H3,(H,40,43)/b7-4+. The van der Waals surface area contributed by atoms with Gasteiger partial charge in [0.05, 0.1) is 40.9 Å². The van der Waals surface area contributed by atoms with Crippen LogP contribution in [0.4, 0.5) is 5.69 Å². The monoisotopic (exact) mass is 601 g/mol. The van der Waals surface area contributed by atoms with Gasteiger partial charge in [-0.05, 0) is 86.2 Å². The van der Waals surface area contributed by atoms with Gasteiger partial charge in [-0.2, -0.15) is 5.26 Å². The first-order valence-corrected chi connectivity index (χ1v) is 15.1. The minimum Gasteiger partial charge on any atom is -0.381 e. The molecule has 0 saturated heterocycles.